The van der Waals surface area contributed by atoms with Gasteiger partial charge in [-0.2, -0.15) is 0 Å². The standard InChI is InChI=1S/C49H28O7/c50-43-29-15-1-2-16-30(29)44(51)33-19-5-6-20-34(33)46(53)37-23-9-10-24-38(37)48(55)41-27-13-14-28-42(41)49(56)40-26-12-11-25-39(40)47(54)36-22-8-7-21-35(36)45(52)32-18-4-3-17-31(32)43/h1-28H. The summed E-state index contributed by atoms with van der Waals surface area (Å²) in [4.78, 5) is 101. The second-order valence-corrected chi connectivity index (χ2v) is 13.1. The van der Waals surface area contributed by atoms with Crippen molar-refractivity contribution in [2.45, 2.75) is 0 Å². The molecular weight excluding hydrogens is 701 g/mol. The highest BCUT2D eigenvalue weighted by molar-refractivity contribution is 6.00. The van der Waals surface area contributed by atoms with E-state index in [4.69, 9.17) is 0 Å². The minimum absolute atomic E-state index is 0.00474. The van der Waals surface area contributed by atoms with Gasteiger partial charge >= 0.3 is 0 Å². The van der Waals surface area contributed by atoms with Gasteiger partial charge in [0.15, 0.2) is 38.0 Å². The van der Waals surface area contributed by atoms with E-state index < -0.39 is 38.0 Å². The quantitative estimate of drug-likeness (QED) is 0.158. The lowest BCUT2D eigenvalue weighted by atomic mass is 10.0. The predicted molar refractivity (Wildman–Crippen MR) is 228 cm³/mol. The first-order chi connectivity index (χ1) is 27.3. The first-order valence-corrected chi connectivity index (χ1v) is 17.7. The van der Waals surface area contributed by atoms with Crippen molar-refractivity contribution in [3.05, 3.63) is 241 Å². The maximum atomic E-state index is 14.5. The van der Waals surface area contributed by atoms with E-state index in [9.17, 15) is 33.6 Å². The van der Waals surface area contributed by atoms with E-state index in [1.807, 2.05) is 0 Å². The van der Waals surface area contributed by atoms with Crippen LogP contribution in [0.25, 0.3) is 75.4 Å². The van der Waals surface area contributed by atoms with Gasteiger partial charge in [-0.1, -0.05) is 170 Å². The summed E-state index contributed by atoms with van der Waals surface area (Å²) >= 11 is 0. The van der Waals surface area contributed by atoms with Gasteiger partial charge in [-0.15, -0.1) is 0 Å². The summed E-state index contributed by atoms with van der Waals surface area (Å²) in [7, 11) is 0. The van der Waals surface area contributed by atoms with Crippen LogP contribution >= 0.6 is 0 Å². The monoisotopic (exact) mass is 728 g/mol. The van der Waals surface area contributed by atoms with Crippen molar-refractivity contribution in [1.82, 2.24) is 0 Å². The normalized spacial score (nSPS) is 11.0. The Kier molecular flexibility index (Phi) is 9.18. The summed E-state index contributed by atoms with van der Waals surface area (Å²) in [6, 6.07) is 43.1. The van der Waals surface area contributed by atoms with Crippen molar-refractivity contribution in [2.75, 3.05) is 0 Å². The van der Waals surface area contributed by atoms with Crippen LogP contribution in [0.1, 0.15) is 0 Å². The molecule has 0 aliphatic heterocycles. The Morgan fingerprint density at radius 1 is 0.143 bits per heavy atom. The summed E-state index contributed by atoms with van der Waals surface area (Å²) in [5, 5.41) is -0.0664. The maximum absolute atomic E-state index is 14.5. The lowest BCUT2D eigenvalue weighted by Crippen LogP contribution is -2.10. The number of fused-ring (bicyclic) bond motifs is 7. The number of hydrogen-bond donors (Lipinski definition) is 0. The Balaban J connectivity index is 1.78. The summed E-state index contributed by atoms with van der Waals surface area (Å²) in [6.45, 7) is 0. The first-order valence-electron chi connectivity index (χ1n) is 17.7. The Hall–Kier alpha value is -7.77. The molecule has 0 unspecified atom stereocenters. The summed E-state index contributed by atoms with van der Waals surface area (Å²) < 4.78 is 0. The van der Waals surface area contributed by atoms with Crippen molar-refractivity contribution < 1.29 is 0 Å². The average Bonchev–Trinajstić information content (AvgIpc) is 3.27. The lowest BCUT2D eigenvalue weighted by molar-refractivity contribution is 1.66. The first kappa shape index (κ1) is 35.3. The van der Waals surface area contributed by atoms with Gasteiger partial charge < -0.3 is 0 Å². The van der Waals surface area contributed by atoms with Gasteiger partial charge in [-0.05, 0) is 0 Å². The van der Waals surface area contributed by atoms with Crippen LogP contribution in [0.3, 0.4) is 0 Å². The van der Waals surface area contributed by atoms with Crippen molar-refractivity contribution in [3.63, 3.8) is 0 Å². The van der Waals surface area contributed by atoms with E-state index in [0.29, 0.717) is 0 Å². The van der Waals surface area contributed by atoms with Crippen LogP contribution in [0.5, 0.6) is 0 Å². The molecule has 0 aromatic heterocycles. The van der Waals surface area contributed by atoms with Gasteiger partial charge in [-0.3, -0.25) is 33.6 Å². The zero-order valence-corrected chi connectivity index (χ0v) is 29.5. The van der Waals surface area contributed by atoms with Crippen LogP contribution in [0, 0.1) is 0 Å². The molecular formula is C49H28O7. The van der Waals surface area contributed by atoms with Crippen LogP contribution in [-0.2, 0) is 0 Å². The molecule has 8 aromatic carbocycles. The topological polar surface area (TPSA) is 119 Å². The molecule has 0 aliphatic rings. The van der Waals surface area contributed by atoms with Gasteiger partial charge in [0.2, 0.25) is 0 Å². The van der Waals surface area contributed by atoms with Gasteiger partial charge in [0, 0.05) is 75.4 Å². The van der Waals surface area contributed by atoms with Crippen LogP contribution in [0.2, 0.25) is 0 Å². The van der Waals surface area contributed by atoms with Crippen LogP contribution in [-0.4, -0.2) is 0 Å². The molecule has 8 aromatic rings. The molecule has 0 amide bonds. The molecule has 8 rings (SSSR count). The number of rotatable bonds is 0. The van der Waals surface area contributed by atoms with Crippen molar-refractivity contribution in [1.29, 1.82) is 0 Å². The molecule has 0 bridgehead atoms. The van der Waals surface area contributed by atoms with E-state index in [2.05, 4.69) is 0 Å². The Bertz CT molecular complexity index is 2750. The Morgan fingerprint density at radius 2 is 0.214 bits per heavy atom. The highest BCUT2D eigenvalue weighted by Gasteiger charge is 2.11. The fourth-order valence-electron chi connectivity index (χ4n) is 7.17. The summed E-state index contributed by atoms with van der Waals surface area (Å²) in [5.41, 5.74) is -4.37. The van der Waals surface area contributed by atoms with Gasteiger partial charge in [0.1, 0.15) is 0 Å². The molecule has 0 heterocycles. The van der Waals surface area contributed by atoms with Crippen LogP contribution in [0.4, 0.5) is 0 Å². The highest BCUT2D eigenvalue weighted by Crippen LogP contribution is 2.15. The molecule has 0 aliphatic carbocycles. The fourth-order valence-corrected chi connectivity index (χ4v) is 7.17. The van der Waals surface area contributed by atoms with E-state index in [1.54, 1.807) is 84.9 Å². The van der Waals surface area contributed by atoms with E-state index in [-0.39, 0.29) is 75.4 Å². The fraction of sp³-hybridized carbons (Fsp3) is 0. The number of hydrogen-bond acceptors (Lipinski definition) is 7. The second-order valence-electron chi connectivity index (χ2n) is 13.1. The zero-order chi connectivity index (χ0) is 38.9. The summed E-state index contributed by atoms with van der Waals surface area (Å²) in [6.07, 6.45) is 0. The molecule has 0 N–H and O–H groups in total. The maximum Gasteiger partial charge on any atom is 0.194 e. The second kappa shape index (κ2) is 14.6. The van der Waals surface area contributed by atoms with E-state index in [1.165, 1.54) is 84.9 Å². The van der Waals surface area contributed by atoms with Crippen LogP contribution < -0.4 is 38.0 Å². The van der Waals surface area contributed by atoms with Crippen molar-refractivity contribution in [3.8, 4) is 0 Å². The molecule has 0 saturated carbocycles. The molecule has 7 nitrogen and oxygen atoms in total. The molecule has 266 valence electrons. The minimum Gasteiger partial charge on any atom is -0.289 e. The van der Waals surface area contributed by atoms with Gasteiger partial charge in [0.05, 0.1) is 0 Å². The SMILES string of the molecule is O=c1c2ccccc2c(=O)c2ccccc2c(=O)c2ccccc2c(=O)c2ccccc2c(=O)c2ccccc2c(=O)c2ccccc2c(=O)c2ccccc12. The van der Waals surface area contributed by atoms with Gasteiger partial charge in [0.25, 0.3) is 0 Å². The largest absolute Gasteiger partial charge is 0.289 e. The molecule has 0 spiro atoms. The van der Waals surface area contributed by atoms with Crippen LogP contribution in [0.15, 0.2) is 203 Å². The van der Waals surface area contributed by atoms with Gasteiger partial charge in [-0.25, -0.2) is 0 Å². The smallest absolute Gasteiger partial charge is 0.194 e. The molecule has 56 heavy (non-hydrogen) atoms. The van der Waals surface area contributed by atoms with E-state index in [0.717, 1.165) is 0 Å². The van der Waals surface area contributed by atoms with Crippen molar-refractivity contribution >= 4 is 75.4 Å². The average molecular weight is 729 g/mol. The third-order valence-electron chi connectivity index (χ3n) is 9.91. The third-order valence-corrected chi connectivity index (χ3v) is 9.91. The predicted octanol–water partition coefficient (Wildman–Crippen LogP) is 7.53. The molecule has 0 fully saturated rings. The zero-order valence-electron chi connectivity index (χ0n) is 29.5. The van der Waals surface area contributed by atoms with Crippen molar-refractivity contribution in [2.24, 2.45) is 0 Å². The third kappa shape index (κ3) is 6.03. The molecule has 7 heteroatoms. The molecule has 0 atom stereocenters. The van der Waals surface area contributed by atoms with E-state index >= 15 is 0 Å². The number of benzene rings is 7. The lowest BCUT2D eigenvalue weighted by Gasteiger charge is -1.97. The summed E-state index contributed by atoms with van der Waals surface area (Å²) in [5.74, 6) is 0. The molecule has 0 radical (unpaired) electrons. The molecule has 0 saturated heterocycles. The Morgan fingerprint density at radius 3 is 0.286 bits per heavy atom. The highest BCUT2D eigenvalue weighted by atomic mass is 16.1. The minimum atomic E-state index is -0.624. The Labute approximate surface area is 315 Å².